The number of nitrogens with one attached hydrogen (secondary N) is 1. The second kappa shape index (κ2) is 9.74. The molecular weight excluding hydrogens is 516 g/mol. The molecule has 0 bridgehead atoms. The highest BCUT2D eigenvalue weighted by Gasteiger charge is 2.64. The molecule has 0 saturated carbocycles. The van der Waals surface area contributed by atoms with Crippen LogP contribution in [0.1, 0.15) is 0 Å². The number of hydrogen-bond donors (Lipinski definition) is 4. The Balaban J connectivity index is 0.000000240. The van der Waals surface area contributed by atoms with E-state index in [-0.39, 0.29) is 11.5 Å². The van der Waals surface area contributed by atoms with Gasteiger partial charge in [0.05, 0.1) is 5.69 Å². The van der Waals surface area contributed by atoms with Crippen LogP contribution in [0, 0.1) is 0 Å². The maximum absolute atomic E-state index is 11.9. The second-order valence-electron chi connectivity index (χ2n) is 7.46. The molecule has 0 saturated heterocycles. The molecule has 13 heteroatoms. The molecule has 4 N–H and O–H groups in total. The summed E-state index contributed by atoms with van der Waals surface area (Å²) < 4.78 is 96.1. The van der Waals surface area contributed by atoms with E-state index in [2.05, 4.69) is 11.1 Å². The zero-order valence-electron chi connectivity index (χ0n) is 17.8. The van der Waals surface area contributed by atoms with Gasteiger partial charge in [-0.2, -0.15) is 30.4 Å². The van der Waals surface area contributed by atoms with E-state index in [0.29, 0.717) is 0 Å². The molecule has 1 heterocycles. The Labute approximate surface area is 200 Å². The van der Waals surface area contributed by atoms with E-state index < -0.39 is 27.7 Å². The summed E-state index contributed by atoms with van der Waals surface area (Å²) in [6.07, 6.45) is -11.0. The van der Waals surface area contributed by atoms with E-state index in [1.165, 1.54) is 0 Å². The number of para-hydroxylation sites is 1. The van der Waals surface area contributed by atoms with Gasteiger partial charge in [-0.25, -0.2) is 4.39 Å². The third-order valence-corrected chi connectivity index (χ3v) is 5.84. The van der Waals surface area contributed by atoms with Crippen molar-refractivity contribution in [1.82, 2.24) is 4.98 Å². The van der Waals surface area contributed by atoms with Gasteiger partial charge < -0.3 is 15.2 Å². The lowest BCUT2D eigenvalue weighted by molar-refractivity contribution is -0.223. The number of aromatic amines is 1. The van der Waals surface area contributed by atoms with Crippen LogP contribution in [0.3, 0.4) is 0 Å². The number of benzene rings is 3. The first-order valence-electron chi connectivity index (χ1n) is 9.88. The third-order valence-electron chi connectivity index (χ3n) is 4.94. The molecule has 0 amide bonds. The molecule has 1 aromatic heterocycles. The molecule has 4 aromatic rings. The maximum atomic E-state index is 11.9. The zero-order valence-corrected chi connectivity index (χ0v) is 18.7. The highest BCUT2D eigenvalue weighted by atomic mass is 32.2. The van der Waals surface area contributed by atoms with E-state index >= 15 is 0 Å². The highest BCUT2D eigenvalue weighted by molar-refractivity contribution is 7.86. The SMILES string of the molecule is O=S(=O)(O)C(F)(F)C(F)C(F)(F)F.Oc1ccc(-c2[nH]c3ccccc3c2-c2ccc(O)cc2)cc1. The molecule has 192 valence electrons. The van der Waals surface area contributed by atoms with Crippen LogP contribution in [-0.4, -0.2) is 45.8 Å². The summed E-state index contributed by atoms with van der Waals surface area (Å²) in [4.78, 5) is 3.47. The van der Waals surface area contributed by atoms with E-state index in [4.69, 9.17) is 4.55 Å². The van der Waals surface area contributed by atoms with Crippen LogP contribution in [-0.2, 0) is 10.1 Å². The average molecular weight is 533 g/mol. The lowest BCUT2D eigenvalue weighted by Crippen LogP contribution is -2.46. The fourth-order valence-electron chi connectivity index (χ4n) is 3.24. The van der Waals surface area contributed by atoms with Gasteiger partial charge in [-0.1, -0.05) is 30.3 Å². The van der Waals surface area contributed by atoms with Crippen LogP contribution in [0.5, 0.6) is 11.5 Å². The molecule has 0 aliphatic carbocycles. The number of aromatic nitrogens is 1. The monoisotopic (exact) mass is 533 g/mol. The van der Waals surface area contributed by atoms with Crippen molar-refractivity contribution in [2.24, 2.45) is 0 Å². The number of phenolic OH excluding ortho intramolecular Hbond substituents is 2. The van der Waals surface area contributed by atoms with Crippen molar-refractivity contribution >= 4 is 21.0 Å². The van der Waals surface area contributed by atoms with Gasteiger partial charge in [-0.05, 0) is 53.6 Å². The summed E-state index contributed by atoms with van der Waals surface area (Å²) in [5.74, 6) is 0.496. The van der Waals surface area contributed by atoms with Gasteiger partial charge >= 0.3 is 21.5 Å². The van der Waals surface area contributed by atoms with E-state index in [1.54, 1.807) is 24.3 Å². The topological polar surface area (TPSA) is 111 Å². The Morgan fingerprint density at radius 1 is 0.750 bits per heavy atom. The van der Waals surface area contributed by atoms with Crippen molar-refractivity contribution < 1.29 is 49.5 Å². The van der Waals surface area contributed by atoms with Crippen LogP contribution in [0.25, 0.3) is 33.3 Å². The number of hydrogen-bond acceptors (Lipinski definition) is 4. The molecule has 3 aromatic carbocycles. The first kappa shape index (κ1) is 26.9. The van der Waals surface area contributed by atoms with Crippen molar-refractivity contribution in [2.45, 2.75) is 17.6 Å². The van der Waals surface area contributed by atoms with Gasteiger partial charge in [0.2, 0.25) is 0 Å². The molecule has 0 aliphatic heterocycles. The summed E-state index contributed by atoms with van der Waals surface area (Å²) >= 11 is 0. The van der Waals surface area contributed by atoms with Gasteiger partial charge in [0.25, 0.3) is 6.17 Å². The molecule has 4 rings (SSSR count). The summed E-state index contributed by atoms with van der Waals surface area (Å²) in [5, 5.41) is 14.3. The first-order valence-corrected chi connectivity index (χ1v) is 11.3. The zero-order chi connectivity index (χ0) is 26.9. The molecule has 0 aliphatic rings. The smallest absolute Gasteiger partial charge is 0.426 e. The number of H-pyrrole nitrogens is 1. The van der Waals surface area contributed by atoms with Gasteiger partial charge in [-0.15, -0.1) is 0 Å². The minimum Gasteiger partial charge on any atom is -0.508 e. The average Bonchev–Trinajstić information content (AvgIpc) is 3.18. The van der Waals surface area contributed by atoms with Crippen LogP contribution < -0.4 is 0 Å². The molecule has 0 radical (unpaired) electrons. The Kier molecular flexibility index (Phi) is 7.27. The Hall–Kier alpha value is -3.71. The molecule has 36 heavy (non-hydrogen) atoms. The van der Waals surface area contributed by atoms with Crippen molar-refractivity contribution in [3.05, 3.63) is 72.8 Å². The molecule has 0 spiro atoms. The van der Waals surface area contributed by atoms with E-state index in [0.717, 1.165) is 33.3 Å². The number of aromatic hydroxyl groups is 2. The van der Waals surface area contributed by atoms with Crippen LogP contribution in [0.2, 0.25) is 0 Å². The van der Waals surface area contributed by atoms with E-state index in [9.17, 15) is 45.0 Å². The van der Waals surface area contributed by atoms with Gasteiger partial charge in [0.15, 0.2) is 0 Å². The molecule has 1 atom stereocenters. The minimum absolute atomic E-state index is 0.246. The lowest BCUT2D eigenvalue weighted by atomic mass is 9.98. The van der Waals surface area contributed by atoms with Crippen molar-refractivity contribution in [3.8, 4) is 33.9 Å². The van der Waals surface area contributed by atoms with Crippen LogP contribution >= 0.6 is 0 Å². The van der Waals surface area contributed by atoms with Gasteiger partial charge in [0, 0.05) is 16.5 Å². The second-order valence-corrected chi connectivity index (χ2v) is 8.95. The summed E-state index contributed by atoms with van der Waals surface area (Å²) in [6.45, 7) is 0. The molecule has 6 nitrogen and oxygen atoms in total. The largest absolute Gasteiger partial charge is 0.508 e. The van der Waals surface area contributed by atoms with Crippen molar-refractivity contribution in [3.63, 3.8) is 0 Å². The standard InChI is InChI=1S/C20H15NO2.C3H2F6O3S/c22-15-9-5-13(6-10-15)19-17-3-1-2-4-18(17)21-20(19)14-7-11-16(23)12-8-14;4-1(2(5,6)7)3(8,9)13(10,11)12/h1-12,21-23H;1H,(H,10,11,12). The number of alkyl halides is 6. The predicted molar refractivity (Wildman–Crippen MR) is 120 cm³/mol. The highest BCUT2D eigenvalue weighted by Crippen LogP contribution is 2.39. The minimum atomic E-state index is -6.41. The molecule has 1 unspecified atom stereocenters. The van der Waals surface area contributed by atoms with Crippen molar-refractivity contribution in [2.75, 3.05) is 0 Å². The maximum Gasteiger partial charge on any atom is 0.426 e. The van der Waals surface area contributed by atoms with E-state index in [1.807, 2.05) is 42.5 Å². The van der Waals surface area contributed by atoms with Gasteiger partial charge in [0.1, 0.15) is 11.5 Å². The van der Waals surface area contributed by atoms with Crippen LogP contribution in [0.15, 0.2) is 72.8 Å². The predicted octanol–water partition coefficient (Wildman–Crippen LogP) is 6.28. The first-order chi connectivity index (χ1) is 16.6. The lowest BCUT2D eigenvalue weighted by Gasteiger charge is -2.19. The number of halogens is 6. The number of fused-ring (bicyclic) bond motifs is 1. The Morgan fingerprint density at radius 2 is 1.22 bits per heavy atom. The normalized spacial score (nSPS) is 13.2. The van der Waals surface area contributed by atoms with Crippen LogP contribution in [0.4, 0.5) is 26.3 Å². The molecule has 0 fully saturated rings. The molecular formula is C23H17F6NO5S. The summed E-state index contributed by atoms with van der Waals surface area (Å²) in [6, 6.07) is 22.5. The number of phenols is 2. The quantitative estimate of drug-likeness (QED) is 0.182. The summed E-state index contributed by atoms with van der Waals surface area (Å²) in [5.41, 5.74) is 5.17. The summed E-state index contributed by atoms with van der Waals surface area (Å²) in [7, 11) is -6.41. The fraction of sp³-hybridized carbons (Fsp3) is 0.130. The number of rotatable bonds is 4. The van der Waals surface area contributed by atoms with Gasteiger partial charge in [-0.3, -0.25) is 4.55 Å². The third kappa shape index (κ3) is 5.57. The fourth-order valence-corrected chi connectivity index (χ4v) is 3.63. The Bertz CT molecular complexity index is 1450. The van der Waals surface area contributed by atoms with Crippen molar-refractivity contribution in [1.29, 1.82) is 0 Å². The Morgan fingerprint density at radius 3 is 1.67 bits per heavy atom.